The molecule has 0 radical (unpaired) electrons. The molecule has 0 aliphatic rings. The van der Waals surface area contributed by atoms with Gasteiger partial charge in [0, 0.05) is 54.7 Å². The van der Waals surface area contributed by atoms with Crippen LogP contribution in [0.2, 0.25) is 0 Å². The quantitative estimate of drug-likeness (QED) is 0.160. The van der Waals surface area contributed by atoms with Crippen LogP contribution in [0.5, 0.6) is 0 Å². The summed E-state index contributed by atoms with van der Waals surface area (Å²) in [4.78, 5) is 11.7. The molecule has 342 valence electrons. The summed E-state index contributed by atoms with van der Waals surface area (Å²) in [6.45, 7) is 2.23. The van der Waals surface area contributed by atoms with Crippen LogP contribution >= 0.6 is 0 Å². The molecule has 0 saturated carbocycles. The maximum atomic E-state index is 7.20. The average molecular weight is 933 g/mol. The minimum atomic E-state index is 0.647. The maximum absolute atomic E-state index is 7.20. The Morgan fingerprint density at radius 3 is 1.84 bits per heavy atom. The van der Waals surface area contributed by atoms with Gasteiger partial charge in [0.25, 0.3) is 0 Å². The highest BCUT2D eigenvalue weighted by molar-refractivity contribution is 6.24. The molecule has 4 heterocycles. The van der Waals surface area contributed by atoms with Gasteiger partial charge < -0.3 is 13.6 Å². The highest BCUT2D eigenvalue weighted by Crippen LogP contribution is 2.47. The van der Waals surface area contributed by atoms with Crippen LogP contribution < -0.4 is 0 Å². The summed E-state index contributed by atoms with van der Waals surface area (Å²) in [6.07, 6.45) is 0.668. The fourth-order valence-corrected chi connectivity index (χ4v) is 11.8. The lowest BCUT2D eigenvalue weighted by molar-refractivity contribution is 0.669. The molecule has 0 saturated heterocycles. The Morgan fingerprint density at radius 2 is 1.03 bits per heavy atom. The summed E-state index contributed by atoms with van der Waals surface area (Å²) in [5.74, 6) is 0.647. The van der Waals surface area contributed by atoms with Gasteiger partial charge in [-0.15, -0.1) is 0 Å². The molecular weight excluding hydrogens is 889 g/mol. The molecule has 0 fully saturated rings. The number of rotatable bonds is 7. The Labute approximate surface area is 420 Å². The molecular formula is C68H44N4O. The molecule has 15 rings (SSSR count). The van der Waals surface area contributed by atoms with Crippen molar-refractivity contribution in [2.75, 3.05) is 0 Å². The van der Waals surface area contributed by atoms with Gasteiger partial charge in [-0.1, -0.05) is 183 Å². The SMILES string of the molecule is CCc1c(-c2ccc(-c3ccccc3)cc2)nc(-c2cccc3c2c2ccccc2n3-c2ccccc2)nc1-c1c(-n2c3cc4ccccc4cc3c3c4ccccc4ccc32)ccc2c1oc1ccccc12. The molecule has 5 heteroatoms. The summed E-state index contributed by atoms with van der Waals surface area (Å²) < 4.78 is 12.0. The first-order chi connectivity index (χ1) is 36.2. The normalized spacial score (nSPS) is 12.0. The molecule has 0 unspecified atom stereocenters. The highest BCUT2D eigenvalue weighted by Gasteiger charge is 2.28. The van der Waals surface area contributed by atoms with Gasteiger partial charge in [0.05, 0.1) is 44.7 Å². The first-order valence-corrected chi connectivity index (χ1v) is 25.1. The Morgan fingerprint density at radius 1 is 0.397 bits per heavy atom. The van der Waals surface area contributed by atoms with Gasteiger partial charge in [-0.25, -0.2) is 9.97 Å². The van der Waals surface area contributed by atoms with Crippen molar-refractivity contribution in [1.82, 2.24) is 19.1 Å². The maximum Gasteiger partial charge on any atom is 0.161 e. The lowest BCUT2D eigenvalue weighted by Gasteiger charge is -2.20. The number of benzene rings is 11. The summed E-state index contributed by atoms with van der Waals surface area (Å²) in [5.41, 5.74) is 16.2. The van der Waals surface area contributed by atoms with Crippen molar-refractivity contribution in [3.05, 3.63) is 242 Å². The Bertz CT molecular complexity index is 4700. The lowest BCUT2D eigenvalue weighted by atomic mass is 9.94. The molecule has 15 aromatic rings. The van der Waals surface area contributed by atoms with E-state index < -0.39 is 0 Å². The second-order valence-electron chi connectivity index (χ2n) is 19.1. The van der Waals surface area contributed by atoms with E-state index in [9.17, 15) is 0 Å². The van der Waals surface area contributed by atoms with E-state index in [-0.39, 0.29) is 0 Å². The number of fused-ring (bicyclic) bond motifs is 12. The van der Waals surface area contributed by atoms with E-state index in [4.69, 9.17) is 14.4 Å². The van der Waals surface area contributed by atoms with Crippen molar-refractivity contribution in [3.63, 3.8) is 0 Å². The molecule has 0 aliphatic heterocycles. The van der Waals surface area contributed by atoms with Crippen LogP contribution in [0, 0.1) is 0 Å². The monoisotopic (exact) mass is 932 g/mol. The lowest BCUT2D eigenvalue weighted by Crippen LogP contribution is -2.06. The molecule has 4 aromatic heterocycles. The molecule has 0 aliphatic carbocycles. The Balaban J connectivity index is 1.10. The van der Waals surface area contributed by atoms with Crippen LogP contribution in [-0.4, -0.2) is 19.1 Å². The van der Waals surface area contributed by atoms with Gasteiger partial charge in [0.1, 0.15) is 11.2 Å². The molecule has 73 heavy (non-hydrogen) atoms. The van der Waals surface area contributed by atoms with E-state index in [1.165, 1.54) is 37.9 Å². The zero-order valence-electron chi connectivity index (χ0n) is 39.9. The van der Waals surface area contributed by atoms with Crippen molar-refractivity contribution < 1.29 is 4.42 Å². The van der Waals surface area contributed by atoms with Crippen molar-refractivity contribution >= 4 is 87.1 Å². The first-order valence-electron chi connectivity index (χ1n) is 25.1. The standard InChI is InChI=1S/C68H44N4O/c1-2-49-65(45-34-32-43(33-35-45)42-18-5-3-6-19-42)69-68(54-28-17-30-57-63(54)53-27-13-15-29-56(53)71(57)48-23-7-4-8-24-48)70-66(49)64-59(39-37-52-51-26-14-16-31-61(51)73-67(52)64)72-58-38-36-44-20-11-12-25-50(44)62(58)55-40-46-21-9-10-22-47(46)41-60(55)72/h3-41H,2H2,1H3. The van der Waals surface area contributed by atoms with Gasteiger partial charge in [0.2, 0.25) is 0 Å². The van der Waals surface area contributed by atoms with Crippen LogP contribution in [0.15, 0.2) is 241 Å². The minimum Gasteiger partial charge on any atom is -0.455 e. The third kappa shape index (κ3) is 6.28. The third-order valence-electron chi connectivity index (χ3n) is 15.1. The van der Waals surface area contributed by atoms with E-state index in [2.05, 4.69) is 253 Å². The van der Waals surface area contributed by atoms with Crippen LogP contribution in [0.1, 0.15) is 12.5 Å². The van der Waals surface area contributed by atoms with Crippen molar-refractivity contribution in [3.8, 4) is 56.4 Å². The van der Waals surface area contributed by atoms with E-state index in [0.29, 0.717) is 12.2 Å². The van der Waals surface area contributed by atoms with Gasteiger partial charge in [-0.2, -0.15) is 0 Å². The van der Waals surface area contributed by atoms with E-state index in [1.807, 2.05) is 0 Å². The first kappa shape index (κ1) is 41.2. The van der Waals surface area contributed by atoms with Gasteiger partial charge >= 0.3 is 0 Å². The smallest absolute Gasteiger partial charge is 0.161 e. The third-order valence-corrected chi connectivity index (χ3v) is 15.1. The highest BCUT2D eigenvalue weighted by atomic mass is 16.3. The number of hydrogen-bond donors (Lipinski definition) is 0. The summed E-state index contributed by atoms with van der Waals surface area (Å²) >= 11 is 0. The van der Waals surface area contributed by atoms with Crippen molar-refractivity contribution in [2.45, 2.75) is 13.3 Å². The van der Waals surface area contributed by atoms with Crippen LogP contribution in [0.4, 0.5) is 0 Å². The number of para-hydroxylation sites is 3. The Hall–Kier alpha value is -9.58. The largest absolute Gasteiger partial charge is 0.455 e. The molecule has 0 amide bonds. The number of furan rings is 1. The zero-order chi connectivity index (χ0) is 48.1. The zero-order valence-corrected chi connectivity index (χ0v) is 39.9. The molecule has 5 nitrogen and oxygen atoms in total. The molecule has 0 atom stereocenters. The predicted molar refractivity (Wildman–Crippen MR) is 304 cm³/mol. The van der Waals surface area contributed by atoms with Crippen molar-refractivity contribution in [2.24, 2.45) is 0 Å². The van der Waals surface area contributed by atoms with Crippen LogP contribution in [-0.2, 0) is 6.42 Å². The van der Waals surface area contributed by atoms with Gasteiger partial charge in [-0.3, -0.25) is 0 Å². The number of aromatic nitrogens is 4. The van der Waals surface area contributed by atoms with Gasteiger partial charge in [0.15, 0.2) is 5.82 Å². The minimum absolute atomic E-state index is 0.647. The Kier molecular flexibility index (Phi) is 9.17. The average Bonchev–Trinajstić information content (AvgIpc) is 4.12. The molecule has 0 spiro atoms. The fourth-order valence-electron chi connectivity index (χ4n) is 11.8. The predicted octanol–water partition coefficient (Wildman–Crippen LogP) is 18.1. The van der Waals surface area contributed by atoms with E-state index in [1.54, 1.807) is 0 Å². The summed E-state index contributed by atoms with van der Waals surface area (Å²) in [5, 5.41) is 11.6. The topological polar surface area (TPSA) is 48.8 Å². The molecule has 0 bridgehead atoms. The summed E-state index contributed by atoms with van der Waals surface area (Å²) in [6, 6.07) is 85.0. The molecule has 0 N–H and O–H groups in total. The fraction of sp³-hybridized carbons (Fsp3) is 0.0294. The van der Waals surface area contributed by atoms with E-state index in [0.717, 1.165) is 105 Å². The number of nitrogens with zero attached hydrogens (tertiary/aromatic N) is 4. The summed E-state index contributed by atoms with van der Waals surface area (Å²) in [7, 11) is 0. The van der Waals surface area contributed by atoms with Crippen LogP contribution in [0.3, 0.4) is 0 Å². The van der Waals surface area contributed by atoms with Crippen molar-refractivity contribution in [1.29, 1.82) is 0 Å². The van der Waals surface area contributed by atoms with E-state index >= 15 is 0 Å². The van der Waals surface area contributed by atoms with Crippen LogP contribution in [0.25, 0.3) is 143 Å². The number of hydrogen-bond acceptors (Lipinski definition) is 3. The second kappa shape index (κ2) is 16.2. The van der Waals surface area contributed by atoms with Gasteiger partial charge in [-0.05, 0) is 99.8 Å². The molecule has 11 aromatic carbocycles. The second-order valence-corrected chi connectivity index (χ2v) is 19.1.